The van der Waals surface area contributed by atoms with Crippen LogP contribution in [0.4, 0.5) is 4.79 Å². The van der Waals surface area contributed by atoms with Gasteiger partial charge in [0.25, 0.3) is 5.56 Å². The molecule has 1 saturated heterocycles. The fourth-order valence-corrected chi connectivity index (χ4v) is 4.85. The van der Waals surface area contributed by atoms with Crippen LogP contribution in [0.25, 0.3) is 23.1 Å². The molecule has 0 spiro atoms. The van der Waals surface area contributed by atoms with Crippen molar-refractivity contribution >= 4 is 35.1 Å². The zero-order chi connectivity index (χ0) is 29.8. The Hall–Kier alpha value is -4.14. The molecular formula is C31H43N5O4. The maximum absolute atomic E-state index is 13.1. The van der Waals surface area contributed by atoms with Gasteiger partial charge < -0.3 is 19.9 Å². The summed E-state index contributed by atoms with van der Waals surface area (Å²) in [5.74, 6) is -0.481. The highest BCUT2D eigenvalue weighted by atomic mass is 16.5. The molecule has 40 heavy (non-hydrogen) atoms. The van der Waals surface area contributed by atoms with Crippen molar-refractivity contribution in [2.45, 2.75) is 65.8 Å². The zero-order valence-corrected chi connectivity index (χ0v) is 24.6. The molecule has 3 N–H and O–H groups in total. The summed E-state index contributed by atoms with van der Waals surface area (Å²) in [4.78, 5) is 42.7. The monoisotopic (exact) mass is 549 g/mol. The average molecular weight is 550 g/mol. The molecule has 0 radical (unpaired) electrons. The second kappa shape index (κ2) is 15.5. The van der Waals surface area contributed by atoms with Gasteiger partial charge in [0.15, 0.2) is 0 Å². The Bertz CT molecular complexity index is 1370. The van der Waals surface area contributed by atoms with E-state index < -0.39 is 12.0 Å². The lowest BCUT2D eigenvalue weighted by Gasteiger charge is -2.33. The quantitative estimate of drug-likeness (QED) is 0.333. The molecule has 0 bridgehead atoms. The predicted octanol–water partition coefficient (Wildman–Crippen LogP) is 5.57. The van der Waals surface area contributed by atoms with E-state index >= 15 is 0 Å². The van der Waals surface area contributed by atoms with Gasteiger partial charge in [-0.2, -0.15) is 5.10 Å². The van der Waals surface area contributed by atoms with Gasteiger partial charge in [-0.05, 0) is 60.6 Å². The zero-order valence-electron chi connectivity index (χ0n) is 24.6. The largest absolute Gasteiger partial charge is 0.467 e. The van der Waals surface area contributed by atoms with Gasteiger partial charge >= 0.3 is 12.0 Å². The summed E-state index contributed by atoms with van der Waals surface area (Å²) in [6.07, 6.45) is 6.60. The summed E-state index contributed by atoms with van der Waals surface area (Å²) in [7, 11) is 1.31. The number of carbonyl (C=O) groups is 2. The molecule has 216 valence electrons. The summed E-state index contributed by atoms with van der Waals surface area (Å²) in [6.45, 7) is 18.4. The molecule has 3 aromatic rings. The number of aryl methyl sites for hydroxylation is 1. The van der Waals surface area contributed by atoms with Crippen LogP contribution in [0, 0.1) is 6.92 Å². The van der Waals surface area contributed by atoms with Crippen molar-refractivity contribution in [3.8, 4) is 0 Å². The van der Waals surface area contributed by atoms with Gasteiger partial charge in [-0.15, -0.1) is 0 Å². The number of aromatic nitrogens is 3. The number of hydrogen-bond acceptors (Lipinski definition) is 5. The van der Waals surface area contributed by atoms with Gasteiger partial charge in [0.05, 0.1) is 18.8 Å². The molecule has 1 aliphatic rings. The molecule has 1 aliphatic heterocycles. The first-order valence-electron chi connectivity index (χ1n) is 13.9. The van der Waals surface area contributed by atoms with Gasteiger partial charge in [-0.1, -0.05) is 53.0 Å². The SMILES string of the molecule is C=Cc1cc(C2CCN(C(=O)NC(Cc3cc(C)c4[nH]ncc4c3)C(=O)OC)CC2)c(=O)[nH]c1C=C.CC.CC. The number of H-pyrrole nitrogens is 2. The molecule has 2 aromatic heterocycles. The molecule has 3 heterocycles. The van der Waals surface area contributed by atoms with Crippen LogP contribution >= 0.6 is 0 Å². The Morgan fingerprint density at radius 3 is 2.42 bits per heavy atom. The van der Waals surface area contributed by atoms with E-state index in [1.807, 2.05) is 52.8 Å². The van der Waals surface area contributed by atoms with Crippen LogP contribution in [0.2, 0.25) is 0 Å². The van der Waals surface area contributed by atoms with Crippen LogP contribution in [0.15, 0.2) is 42.3 Å². The van der Waals surface area contributed by atoms with Crippen molar-refractivity contribution in [3.05, 3.63) is 75.9 Å². The highest BCUT2D eigenvalue weighted by Gasteiger charge is 2.29. The van der Waals surface area contributed by atoms with Crippen molar-refractivity contribution < 1.29 is 14.3 Å². The predicted molar refractivity (Wildman–Crippen MR) is 162 cm³/mol. The van der Waals surface area contributed by atoms with Crippen LogP contribution < -0.4 is 10.9 Å². The first-order chi connectivity index (χ1) is 19.3. The summed E-state index contributed by atoms with van der Waals surface area (Å²) in [6, 6.07) is 4.63. The molecule has 1 unspecified atom stereocenters. The van der Waals surface area contributed by atoms with Crippen molar-refractivity contribution in [1.82, 2.24) is 25.4 Å². The smallest absolute Gasteiger partial charge is 0.328 e. The molecule has 1 aromatic carbocycles. The number of hydrogen-bond donors (Lipinski definition) is 3. The third-order valence-electron chi connectivity index (χ3n) is 6.81. The summed E-state index contributed by atoms with van der Waals surface area (Å²) < 4.78 is 4.96. The highest BCUT2D eigenvalue weighted by Crippen LogP contribution is 2.27. The average Bonchev–Trinajstić information content (AvgIpc) is 3.47. The van der Waals surface area contributed by atoms with Gasteiger partial charge in [0.1, 0.15) is 6.04 Å². The molecule has 0 saturated carbocycles. The van der Waals surface area contributed by atoms with Gasteiger partial charge in [-0.3, -0.25) is 9.89 Å². The molecule has 4 rings (SSSR count). The third kappa shape index (κ3) is 7.49. The fraction of sp³-hybridized carbons (Fsp3) is 0.419. The summed E-state index contributed by atoms with van der Waals surface area (Å²) >= 11 is 0. The van der Waals surface area contributed by atoms with E-state index in [1.54, 1.807) is 23.2 Å². The van der Waals surface area contributed by atoms with E-state index in [2.05, 4.69) is 33.7 Å². The van der Waals surface area contributed by atoms with Crippen molar-refractivity contribution in [3.63, 3.8) is 0 Å². The molecular weight excluding hydrogens is 506 g/mol. The van der Waals surface area contributed by atoms with Crippen LogP contribution in [0.3, 0.4) is 0 Å². The Morgan fingerprint density at radius 1 is 1.15 bits per heavy atom. The van der Waals surface area contributed by atoms with E-state index in [4.69, 9.17) is 4.74 Å². The number of benzene rings is 1. The molecule has 9 nitrogen and oxygen atoms in total. The number of ether oxygens (including phenoxy) is 1. The minimum atomic E-state index is -0.826. The van der Waals surface area contributed by atoms with Gasteiger partial charge in [0.2, 0.25) is 0 Å². The van der Waals surface area contributed by atoms with Gasteiger partial charge in [0, 0.05) is 36.2 Å². The summed E-state index contributed by atoms with van der Waals surface area (Å²) in [5.41, 5.74) is 4.86. The first kappa shape index (κ1) is 32.1. The number of esters is 1. The van der Waals surface area contributed by atoms with Crippen LogP contribution in [0.1, 0.15) is 74.4 Å². The maximum atomic E-state index is 13.1. The van der Waals surface area contributed by atoms with E-state index in [0.29, 0.717) is 43.6 Å². The second-order valence-corrected chi connectivity index (χ2v) is 9.07. The number of nitrogens with one attached hydrogen (secondary N) is 3. The second-order valence-electron chi connectivity index (χ2n) is 9.07. The molecule has 2 amide bonds. The number of fused-ring (bicyclic) bond motifs is 1. The number of aromatic amines is 2. The highest BCUT2D eigenvalue weighted by molar-refractivity contribution is 5.85. The standard InChI is InChI=1S/C27H31N5O4.2C2H6/c1-5-18-14-21(25(33)29-22(18)6-2)19-7-9-32(10-8-19)27(35)30-23(26(34)36-4)13-17-11-16(3)24-20(12-17)15-28-31-24;2*1-2/h5-6,11-12,14-15,19,23H,1-2,7-10,13H2,3-4H3,(H,28,31)(H,29,33)(H,30,35);2*1-2H3. The number of nitrogens with zero attached hydrogens (tertiary/aromatic N) is 2. The van der Waals surface area contributed by atoms with E-state index in [0.717, 1.165) is 27.6 Å². The Labute approximate surface area is 236 Å². The van der Waals surface area contributed by atoms with E-state index in [9.17, 15) is 14.4 Å². The number of rotatable bonds is 7. The lowest BCUT2D eigenvalue weighted by Crippen LogP contribution is -2.51. The van der Waals surface area contributed by atoms with Crippen LogP contribution in [-0.4, -0.2) is 58.3 Å². The minimum absolute atomic E-state index is 0.0245. The summed E-state index contributed by atoms with van der Waals surface area (Å²) in [5, 5.41) is 10.8. The number of methoxy groups -OCH3 is 1. The minimum Gasteiger partial charge on any atom is -0.467 e. The number of pyridine rings is 1. The van der Waals surface area contributed by atoms with Crippen molar-refractivity contribution in [2.24, 2.45) is 0 Å². The van der Waals surface area contributed by atoms with Crippen LogP contribution in [-0.2, 0) is 16.0 Å². The van der Waals surface area contributed by atoms with Crippen molar-refractivity contribution in [2.75, 3.05) is 20.2 Å². The van der Waals surface area contributed by atoms with Crippen LogP contribution in [0.5, 0.6) is 0 Å². The lowest BCUT2D eigenvalue weighted by atomic mass is 9.89. The molecule has 0 aliphatic carbocycles. The fourth-order valence-electron chi connectivity index (χ4n) is 4.85. The number of amides is 2. The molecule has 9 heteroatoms. The maximum Gasteiger partial charge on any atom is 0.328 e. The Balaban J connectivity index is 0.00000134. The number of likely N-dealkylation sites (tertiary alicyclic amines) is 1. The number of carbonyl (C=O) groups excluding carboxylic acids is 2. The molecule has 1 atom stereocenters. The number of piperidine rings is 1. The van der Waals surface area contributed by atoms with Gasteiger partial charge in [-0.25, -0.2) is 9.59 Å². The van der Waals surface area contributed by atoms with Crippen molar-refractivity contribution in [1.29, 1.82) is 0 Å². The lowest BCUT2D eigenvalue weighted by molar-refractivity contribution is -0.142. The van der Waals surface area contributed by atoms with E-state index in [1.165, 1.54) is 7.11 Å². The molecule has 1 fully saturated rings. The normalized spacial score (nSPS) is 13.7. The Morgan fingerprint density at radius 2 is 1.82 bits per heavy atom. The third-order valence-corrected chi connectivity index (χ3v) is 6.81. The topological polar surface area (TPSA) is 120 Å². The first-order valence-corrected chi connectivity index (χ1v) is 13.9. The number of urea groups is 1. The Kier molecular flexibility index (Phi) is 12.4. The van der Waals surface area contributed by atoms with E-state index in [-0.39, 0.29) is 17.5 Å².